The largest absolute Gasteiger partial charge is 0.481 e. The zero-order valence-corrected chi connectivity index (χ0v) is 5.75. The summed E-state index contributed by atoms with van der Waals surface area (Å²) in [5.74, 6) is -0.745. The van der Waals surface area contributed by atoms with Crippen LogP contribution in [-0.4, -0.2) is 25.8 Å². The maximum Gasteiger partial charge on any atom is 0.324 e. The van der Waals surface area contributed by atoms with Crippen molar-refractivity contribution in [1.29, 1.82) is 0 Å². The van der Waals surface area contributed by atoms with Crippen LogP contribution in [0.5, 0.6) is 0 Å². The molecule has 0 bridgehead atoms. The molecule has 0 fully saturated rings. The molecule has 0 heterocycles. The van der Waals surface area contributed by atoms with Gasteiger partial charge in [0, 0.05) is 6.42 Å². The molecule has 4 N–H and O–H groups in total. The van der Waals surface area contributed by atoms with Gasteiger partial charge in [-0.25, -0.2) is 0 Å². The fourth-order valence-electron chi connectivity index (χ4n) is 0. The zero-order chi connectivity index (χ0) is 7.86. The molecule has 0 amide bonds. The van der Waals surface area contributed by atoms with Gasteiger partial charge in [0.15, 0.2) is 0 Å². The summed E-state index contributed by atoms with van der Waals surface area (Å²) in [6, 6.07) is 0. The molecule has 0 saturated heterocycles. The maximum absolute atomic E-state index is 9.37. The van der Waals surface area contributed by atoms with E-state index in [2.05, 4.69) is 0 Å². The first-order chi connectivity index (χ1) is 4.00. The van der Waals surface area contributed by atoms with Crippen molar-refractivity contribution in [2.45, 2.75) is 13.3 Å². The lowest BCUT2D eigenvalue weighted by Crippen LogP contribution is -1.86. The molecule has 56 valence electrons. The predicted molar refractivity (Wildman–Crippen MR) is 31.5 cm³/mol. The predicted octanol–water partition coefficient (Wildman–Crippen LogP) is -0.329. The van der Waals surface area contributed by atoms with Crippen molar-refractivity contribution in [2.75, 3.05) is 0 Å². The summed E-state index contributed by atoms with van der Waals surface area (Å²) in [6.07, 6.45) is 0.222. The highest BCUT2D eigenvalue weighted by Crippen LogP contribution is 2.11. The minimum atomic E-state index is -2.62. The highest BCUT2D eigenvalue weighted by Gasteiger charge is 1.80. The van der Waals surface area contributed by atoms with Gasteiger partial charge < -0.3 is 19.8 Å². The summed E-state index contributed by atoms with van der Waals surface area (Å²) in [5.41, 5.74) is 0. The molecule has 0 saturated carbocycles. The van der Waals surface area contributed by atoms with Crippen LogP contribution in [0, 0.1) is 0 Å². The summed E-state index contributed by atoms with van der Waals surface area (Å²) in [5, 5.41) is 7.72. The van der Waals surface area contributed by atoms with Crippen molar-refractivity contribution >= 4 is 14.6 Å². The highest BCUT2D eigenvalue weighted by molar-refractivity contribution is 7.38. The third-order valence-corrected chi connectivity index (χ3v) is 0.302. The van der Waals surface area contributed by atoms with Crippen LogP contribution in [0.4, 0.5) is 0 Å². The smallest absolute Gasteiger partial charge is 0.324 e. The summed E-state index contributed by atoms with van der Waals surface area (Å²) in [6.45, 7) is 1.60. The van der Waals surface area contributed by atoms with E-state index in [1.165, 1.54) is 0 Å². The first-order valence-corrected chi connectivity index (χ1v) is 3.29. The van der Waals surface area contributed by atoms with E-state index in [-0.39, 0.29) is 6.42 Å². The van der Waals surface area contributed by atoms with Crippen LogP contribution in [0.2, 0.25) is 0 Å². The topological polar surface area (TPSA) is 98.0 Å². The maximum atomic E-state index is 9.37. The van der Waals surface area contributed by atoms with E-state index in [0.717, 1.165) is 0 Å². The van der Waals surface area contributed by atoms with Gasteiger partial charge in [0.1, 0.15) is 0 Å². The van der Waals surface area contributed by atoms with E-state index in [1.54, 1.807) is 6.92 Å². The second-order valence-electron chi connectivity index (χ2n) is 1.02. The number of carboxylic acid groups (broad SMARTS) is 1. The Hall–Kier alpha value is -0.220. The summed E-state index contributed by atoms with van der Waals surface area (Å²) in [4.78, 5) is 31.1. The molecule has 0 atom stereocenters. The summed E-state index contributed by atoms with van der Waals surface area (Å²) < 4.78 is 0. The minimum Gasteiger partial charge on any atom is -0.481 e. The molecule has 0 aromatic heterocycles. The van der Waals surface area contributed by atoms with Gasteiger partial charge in [0.25, 0.3) is 0 Å². The Labute approximate surface area is 53.6 Å². The normalized spacial score (nSPS) is 8.11. The van der Waals surface area contributed by atoms with Crippen molar-refractivity contribution in [3.63, 3.8) is 0 Å². The molecule has 6 heteroatoms. The van der Waals surface area contributed by atoms with Crippen LogP contribution in [0.3, 0.4) is 0 Å². The Morgan fingerprint density at radius 3 is 1.56 bits per heavy atom. The third kappa shape index (κ3) is 82.0. The molecule has 0 aliphatic heterocycles. The number of hydrogen-bond acceptors (Lipinski definition) is 4. The van der Waals surface area contributed by atoms with Gasteiger partial charge in [-0.2, -0.15) is 0 Å². The van der Waals surface area contributed by atoms with E-state index in [0.29, 0.717) is 0 Å². The first-order valence-electron chi connectivity index (χ1n) is 2.09. The fourth-order valence-corrected chi connectivity index (χ4v) is 0. The van der Waals surface area contributed by atoms with Gasteiger partial charge >= 0.3 is 14.6 Å². The zero-order valence-electron chi connectivity index (χ0n) is 4.85. The van der Waals surface area contributed by atoms with Crippen LogP contribution < -0.4 is 0 Å². The summed E-state index contributed by atoms with van der Waals surface area (Å²) in [7, 11) is -2.62. The van der Waals surface area contributed by atoms with Crippen molar-refractivity contribution < 1.29 is 24.6 Å². The molecule has 0 spiro atoms. The van der Waals surface area contributed by atoms with E-state index < -0.39 is 14.6 Å². The van der Waals surface area contributed by atoms with Crippen LogP contribution in [-0.2, 0) is 4.79 Å². The highest BCUT2D eigenvalue weighted by atomic mass is 31.2. The third-order valence-electron chi connectivity index (χ3n) is 0.302. The SMILES string of the molecule is CCC(=O)O.OP(O)O. The van der Waals surface area contributed by atoms with Gasteiger partial charge in [-0.05, 0) is 0 Å². The lowest BCUT2D eigenvalue weighted by Gasteiger charge is -1.76. The van der Waals surface area contributed by atoms with Gasteiger partial charge in [0.05, 0.1) is 0 Å². The molecular weight excluding hydrogens is 147 g/mol. The van der Waals surface area contributed by atoms with Gasteiger partial charge in [-0.1, -0.05) is 6.92 Å². The number of rotatable bonds is 1. The molecular formula is C3H9O5P. The molecule has 0 aliphatic carbocycles. The first kappa shape index (κ1) is 11.6. The standard InChI is InChI=1S/C3H6O2.H3O3P/c1-2-3(4)5;1-4(2)3/h2H2,1H3,(H,4,5);1-3H. The number of aliphatic carboxylic acids is 1. The van der Waals surface area contributed by atoms with E-state index in [4.69, 9.17) is 19.8 Å². The fraction of sp³-hybridized carbons (Fsp3) is 0.667. The monoisotopic (exact) mass is 156 g/mol. The van der Waals surface area contributed by atoms with Gasteiger partial charge in [0.2, 0.25) is 0 Å². The van der Waals surface area contributed by atoms with E-state index >= 15 is 0 Å². The van der Waals surface area contributed by atoms with Gasteiger partial charge in [-0.3, -0.25) is 4.79 Å². The van der Waals surface area contributed by atoms with E-state index in [9.17, 15) is 4.79 Å². The van der Waals surface area contributed by atoms with Crippen molar-refractivity contribution in [2.24, 2.45) is 0 Å². The molecule has 0 aromatic rings. The van der Waals surface area contributed by atoms with Crippen molar-refractivity contribution in [3.8, 4) is 0 Å². The molecule has 0 rings (SSSR count). The Morgan fingerprint density at radius 2 is 1.56 bits per heavy atom. The Kier molecular flexibility index (Phi) is 9.99. The molecule has 0 radical (unpaired) electrons. The van der Waals surface area contributed by atoms with Crippen LogP contribution in [0.1, 0.15) is 13.3 Å². The molecule has 0 aromatic carbocycles. The Balaban J connectivity index is 0. The average Bonchev–Trinajstić information content (AvgIpc) is 1.65. The van der Waals surface area contributed by atoms with Crippen LogP contribution >= 0.6 is 8.60 Å². The number of carboxylic acids is 1. The van der Waals surface area contributed by atoms with Crippen LogP contribution in [0.25, 0.3) is 0 Å². The second-order valence-corrected chi connectivity index (χ2v) is 1.55. The quantitative estimate of drug-likeness (QED) is 0.390. The summed E-state index contributed by atoms with van der Waals surface area (Å²) >= 11 is 0. The second kappa shape index (κ2) is 7.78. The van der Waals surface area contributed by atoms with Crippen molar-refractivity contribution in [3.05, 3.63) is 0 Å². The van der Waals surface area contributed by atoms with Gasteiger partial charge in [-0.15, -0.1) is 0 Å². The molecule has 0 unspecified atom stereocenters. The minimum absolute atomic E-state index is 0.222. The number of carbonyl (C=O) groups is 1. The Bertz CT molecular complexity index is 69.8. The van der Waals surface area contributed by atoms with Crippen LogP contribution in [0.15, 0.2) is 0 Å². The lowest BCUT2D eigenvalue weighted by atomic mass is 10.5. The average molecular weight is 156 g/mol. The lowest BCUT2D eigenvalue weighted by molar-refractivity contribution is -0.136. The molecule has 9 heavy (non-hydrogen) atoms. The molecule has 0 aliphatic rings. The van der Waals surface area contributed by atoms with Crippen molar-refractivity contribution in [1.82, 2.24) is 0 Å². The Morgan fingerprint density at radius 1 is 1.44 bits per heavy atom. The van der Waals surface area contributed by atoms with E-state index in [1.807, 2.05) is 0 Å². The number of hydrogen-bond donors (Lipinski definition) is 4. The molecule has 5 nitrogen and oxygen atoms in total.